The lowest BCUT2D eigenvalue weighted by Gasteiger charge is -2.20. The van der Waals surface area contributed by atoms with Crippen molar-refractivity contribution < 1.29 is 4.79 Å². The highest BCUT2D eigenvalue weighted by Gasteiger charge is 2.15. The van der Waals surface area contributed by atoms with E-state index in [1.165, 1.54) is 0 Å². The normalized spacial score (nSPS) is 10.1. The molecule has 0 heterocycles. The molecule has 0 aromatic carbocycles. The van der Waals surface area contributed by atoms with Crippen molar-refractivity contribution in [1.82, 2.24) is 5.32 Å². The molecule has 2 amide bonds. The minimum atomic E-state index is -0.591. The Balaban J connectivity index is 4.19. The highest BCUT2D eigenvalue weighted by atomic mass is 16.2. The summed E-state index contributed by atoms with van der Waals surface area (Å²) in [7, 11) is 0. The summed E-state index contributed by atoms with van der Waals surface area (Å²) in [6, 6.07) is -0.581. The fraction of sp³-hybridized carbons (Fsp3) is 0.286. The third-order valence-electron chi connectivity index (χ3n) is 1.24. The minimum absolute atomic E-state index is 0.581. The number of urea groups is 1. The number of rotatable bonds is 3. The van der Waals surface area contributed by atoms with Gasteiger partial charge in [0.05, 0.1) is 5.54 Å². The van der Waals surface area contributed by atoms with Crippen LogP contribution in [0.4, 0.5) is 4.79 Å². The van der Waals surface area contributed by atoms with Gasteiger partial charge in [-0.3, -0.25) is 0 Å². The van der Waals surface area contributed by atoms with Crippen LogP contribution in [0.3, 0.4) is 0 Å². The second-order valence-corrected chi connectivity index (χ2v) is 2.18. The first kappa shape index (κ1) is 8.75. The first-order chi connectivity index (χ1) is 4.54. The smallest absolute Gasteiger partial charge is 0.313 e. The van der Waals surface area contributed by atoms with E-state index in [1.54, 1.807) is 19.1 Å². The molecule has 0 aromatic heterocycles. The molecule has 0 atom stereocenters. The quantitative estimate of drug-likeness (QED) is 0.559. The predicted octanol–water partition coefficient (Wildman–Crippen LogP) is 0.785. The molecule has 0 aliphatic heterocycles. The fourth-order valence-electron chi connectivity index (χ4n) is 0.451. The van der Waals surface area contributed by atoms with Gasteiger partial charge in [0.1, 0.15) is 0 Å². The Bertz CT molecular complexity index is 155. The van der Waals surface area contributed by atoms with Gasteiger partial charge >= 0.3 is 6.03 Å². The highest BCUT2D eigenvalue weighted by Crippen LogP contribution is 2.04. The van der Waals surface area contributed by atoms with Gasteiger partial charge in [-0.1, -0.05) is 12.2 Å². The lowest BCUT2D eigenvalue weighted by molar-refractivity contribution is 0.244. The van der Waals surface area contributed by atoms with Gasteiger partial charge in [-0.15, -0.1) is 13.2 Å². The lowest BCUT2D eigenvalue weighted by Crippen LogP contribution is -2.45. The zero-order valence-electron chi connectivity index (χ0n) is 6.05. The number of hydrogen-bond donors (Lipinski definition) is 2. The van der Waals surface area contributed by atoms with Gasteiger partial charge in [-0.05, 0) is 6.92 Å². The first-order valence-corrected chi connectivity index (χ1v) is 2.89. The van der Waals surface area contributed by atoms with Crippen LogP contribution in [0.25, 0.3) is 0 Å². The molecular formula is C7H12N2O. The SMILES string of the molecule is C=CC(C)(C=C)NC(N)=O. The molecule has 0 fully saturated rings. The molecule has 0 spiro atoms. The van der Waals surface area contributed by atoms with Crippen LogP contribution in [0.1, 0.15) is 6.92 Å². The molecule has 0 radical (unpaired) electrons. The first-order valence-electron chi connectivity index (χ1n) is 2.89. The molecule has 0 rings (SSSR count). The fourth-order valence-corrected chi connectivity index (χ4v) is 0.451. The maximum Gasteiger partial charge on any atom is 0.313 e. The maximum atomic E-state index is 10.3. The van der Waals surface area contributed by atoms with Crippen molar-refractivity contribution in [3.63, 3.8) is 0 Å². The van der Waals surface area contributed by atoms with Crippen LogP contribution in [0.15, 0.2) is 25.3 Å². The third kappa shape index (κ3) is 2.35. The van der Waals surface area contributed by atoms with Gasteiger partial charge in [0.25, 0.3) is 0 Å². The van der Waals surface area contributed by atoms with E-state index in [2.05, 4.69) is 18.5 Å². The molecule has 0 unspecified atom stereocenters. The van der Waals surface area contributed by atoms with Gasteiger partial charge in [0.2, 0.25) is 0 Å². The van der Waals surface area contributed by atoms with Crippen molar-refractivity contribution in [3.8, 4) is 0 Å². The Hall–Kier alpha value is -1.25. The highest BCUT2D eigenvalue weighted by molar-refractivity contribution is 5.73. The molecule has 3 heteroatoms. The number of primary amides is 1. The van der Waals surface area contributed by atoms with Gasteiger partial charge in [0.15, 0.2) is 0 Å². The van der Waals surface area contributed by atoms with Crippen molar-refractivity contribution in [1.29, 1.82) is 0 Å². The number of nitrogens with one attached hydrogen (secondary N) is 1. The average molecular weight is 140 g/mol. The number of amides is 2. The Kier molecular flexibility index (Phi) is 2.67. The number of nitrogens with two attached hydrogens (primary N) is 1. The Morgan fingerprint density at radius 1 is 1.60 bits per heavy atom. The molecule has 0 aliphatic rings. The lowest BCUT2D eigenvalue weighted by atomic mass is 10.0. The van der Waals surface area contributed by atoms with Crippen LogP contribution in [0.2, 0.25) is 0 Å². The summed E-state index contributed by atoms with van der Waals surface area (Å²) in [6.45, 7) is 8.78. The van der Waals surface area contributed by atoms with Crippen LogP contribution in [-0.2, 0) is 0 Å². The zero-order valence-corrected chi connectivity index (χ0v) is 6.05. The van der Waals surface area contributed by atoms with E-state index in [-0.39, 0.29) is 0 Å². The van der Waals surface area contributed by atoms with E-state index < -0.39 is 11.6 Å². The summed E-state index contributed by atoms with van der Waals surface area (Å²) in [5.41, 5.74) is 4.29. The van der Waals surface area contributed by atoms with E-state index in [1.807, 2.05) is 0 Å². The van der Waals surface area contributed by atoms with E-state index in [0.29, 0.717) is 0 Å². The monoisotopic (exact) mass is 140 g/mol. The van der Waals surface area contributed by atoms with Gasteiger partial charge < -0.3 is 11.1 Å². The number of hydrogen-bond acceptors (Lipinski definition) is 1. The molecular weight excluding hydrogens is 128 g/mol. The topological polar surface area (TPSA) is 55.1 Å². The average Bonchev–Trinajstić information content (AvgIpc) is 1.87. The predicted molar refractivity (Wildman–Crippen MR) is 41.5 cm³/mol. The minimum Gasteiger partial charge on any atom is -0.352 e. The summed E-state index contributed by atoms with van der Waals surface area (Å²) in [5, 5.41) is 2.46. The summed E-state index contributed by atoms with van der Waals surface area (Å²) >= 11 is 0. The van der Waals surface area contributed by atoms with E-state index in [4.69, 9.17) is 5.73 Å². The van der Waals surface area contributed by atoms with Crippen molar-refractivity contribution in [2.75, 3.05) is 0 Å². The largest absolute Gasteiger partial charge is 0.352 e. The van der Waals surface area contributed by atoms with Crippen molar-refractivity contribution >= 4 is 6.03 Å². The molecule has 3 nitrogen and oxygen atoms in total. The molecule has 56 valence electrons. The zero-order chi connectivity index (χ0) is 8.20. The number of carbonyl (C=O) groups is 1. The maximum absolute atomic E-state index is 10.3. The molecule has 0 saturated heterocycles. The van der Waals surface area contributed by atoms with Gasteiger partial charge in [-0.2, -0.15) is 0 Å². The van der Waals surface area contributed by atoms with E-state index >= 15 is 0 Å². The molecule has 3 N–H and O–H groups in total. The summed E-state index contributed by atoms with van der Waals surface area (Å²) in [4.78, 5) is 10.3. The van der Waals surface area contributed by atoms with Crippen molar-refractivity contribution in [2.24, 2.45) is 5.73 Å². The summed E-state index contributed by atoms with van der Waals surface area (Å²) < 4.78 is 0. The van der Waals surface area contributed by atoms with Crippen LogP contribution in [0, 0.1) is 0 Å². The summed E-state index contributed by atoms with van der Waals surface area (Å²) in [5.74, 6) is 0. The molecule has 0 bridgehead atoms. The van der Waals surface area contributed by atoms with Crippen molar-refractivity contribution in [2.45, 2.75) is 12.5 Å². The molecule has 10 heavy (non-hydrogen) atoms. The standard InChI is InChI=1S/C7H12N2O/c1-4-7(3,5-2)9-6(8)10/h4-5H,1-2H2,3H3,(H3,8,9,10). The van der Waals surface area contributed by atoms with Crippen LogP contribution in [-0.4, -0.2) is 11.6 Å². The molecule has 0 aliphatic carbocycles. The Morgan fingerprint density at radius 2 is 2.00 bits per heavy atom. The third-order valence-corrected chi connectivity index (χ3v) is 1.24. The van der Waals surface area contributed by atoms with Gasteiger partial charge in [0, 0.05) is 0 Å². The van der Waals surface area contributed by atoms with Gasteiger partial charge in [-0.25, -0.2) is 4.79 Å². The molecule has 0 aromatic rings. The van der Waals surface area contributed by atoms with E-state index in [0.717, 1.165) is 0 Å². The Morgan fingerprint density at radius 3 is 2.10 bits per heavy atom. The molecule has 0 saturated carbocycles. The second kappa shape index (κ2) is 3.06. The van der Waals surface area contributed by atoms with Crippen LogP contribution >= 0.6 is 0 Å². The van der Waals surface area contributed by atoms with Crippen LogP contribution in [0.5, 0.6) is 0 Å². The second-order valence-electron chi connectivity index (χ2n) is 2.18. The number of carbonyl (C=O) groups excluding carboxylic acids is 1. The Labute approximate surface area is 60.6 Å². The van der Waals surface area contributed by atoms with E-state index in [9.17, 15) is 4.79 Å². The van der Waals surface area contributed by atoms with Crippen molar-refractivity contribution in [3.05, 3.63) is 25.3 Å². The van der Waals surface area contributed by atoms with Crippen LogP contribution < -0.4 is 11.1 Å². The summed E-state index contributed by atoms with van der Waals surface area (Å²) in [6.07, 6.45) is 3.12.